The maximum Gasteiger partial charge on any atom is 0.178 e. The molecular formula is C11H19N3O2S. The van der Waals surface area contributed by atoms with Crippen molar-refractivity contribution in [3.8, 4) is 0 Å². The zero-order valence-electron chi connectivity index (χ0n) is 9.89. The van der Waals surface area contributed by atoms with Gasteiger partial charge in [-0.2, -0.15) is 0 Å². The van der Waals surface area contributed by atoms with Gasteiger partial charge in [0.15, 0.2) is 9.84 Å². The van der Waals surface area contributed by atoms with Gasteiger partial charge >= 0.3 is 0 Å². The molecule has 0 heterocycles. The monoisotopic (exact) mass is 257 g/mol. The molecule has 0 saturated heterocycles. The Morgan fingerprint density at radius 3 is 2.35 bits per heavy atom. The van der Waals surface area contributed by atoms with Crippen LogP contribution in [0.2, 0.25) is 0 Å². The van der Waals surface area contributed by atoms with Crippen LogP contribution in [-0.4, -0.2) is 33.3 Å². The second-order valence-electron chi connectivity index (χ2n) is 3.80. The molecule has 0 amide bonds. The van der Waals surface area contributed by atoms with Crippen LogP contribution in [0.1, 0.15) is 6.92 Å². The minimum Gasteiger partial charge on any atom is -0.383 e. The average Bonchev–Trinajstić information content (AvgIpc) is 2.36. The molecule has 0 saturated carbocycles. The lowest BCUT2D eigenvalue weighted by Crippen LogP contribution is -2.36. The van der Waals surface area contributed by atoms with E-state index in [-0.39, 0.29) is 11.8 Å². The van der Waals surface area contributed by atoms with Gasteiger partial charge in [0.2, 0.25) is 0 Å². The lowest BCUT2D eigenvalue weighted by Gasteiger charge is -2.11. The topological polar surface area (TPSA) is 98.2 Å². The highest BCUT2D eigenvalue weighted by Gasteiger charge is 2.10. The van der Waals surface area contributed by atoms with Crippen molar-refractivity contribution in [2.45, 2.75) is 17.9 Å². The van der Waals surface area contributed by atoms with Gasteiger partial charge in [-0.3, -0.25) is 0 Å². The predicted octanol–water partition coefficient (Wildman–Crippen LogP) is 0.178. The Hall–Kier alpha value is -1.11. The van der Waals surface area contributed by atoms with E-state index in [1.165, 1.54) is 0 Å². The molecule has 0 bridgehead atoms. The normalized spacial score (nSPS) is 13.4. The van der Waals surface area contributed by atoms with E-state index in [9.17, 15) is 8.42 Å². The first-order valence-corrected chi connectivity index (χ1v) is 7.17. The third kappa shape index (κ3) is 3.99. The van der Waals surface area contributed by atoms with E-state index in [0.717, 1.165) is 5.69 Å². The van der Waals surface area contributed by atoms with Gasteiger partial charge in [-0.1, -0.05) is 6.92 Å². The first-order chi connectivity index (χ1) is 7.99. The van der Waals surface area contributed by atoms with Crippen molar-refractivity contribution >= 4 is 15.5 Å². The molecule has 1 aromatic carbocycles. The highest BCUT2D eigenvalue weighted by Crippen LogP contribution is 2.15. The van der Waals surface area contributed by atoms with Gasteiger partial charge in [0.05, 0.1) is 10.6 Å². The SMILES string of the molecule is CCS(=O)(=O)c1ccc(NCC(N)CN)cc1. The van der Waals surface area contributed by atoms with E-state index in [1.807, 2.05) is 0 Å². The standard InChI is InChI=1S/C11H19N3O2S/c1-2-17(15,16)11-5-3-10(4-6-11)14-8-9(13)7-12/h3-6,9,14H,2,7-8,12-13H2,1H3. The van der Waals surface area contributed by atoms with Crippen molar-refractivity contribution in [2.24, 2.45) is 11.5 Å². The van der Waals surface area contributed by atoms with Crippen LogP contribution in [0.5, 0.6) is 0 Å². The fraction of sp³-hybridized carbons (Fsp3) is 0.455. The van der Waals surface area contributed by atoms with Gasteiger partial charge in [0, 0.05) is 24.8 Å². The van der Waals surface area contributed by atoms with Crippen LogP contribution in [0, 0.1) is 0 Å². The zero-order valence-corrected chi connectivity index (χ0v) is 10.7. The molecule has 5 N–H and O–H groups in total. The molecule has 0 aliphatic heterocycles. The molecule has 0 aromatic heterocycles. The number of nitrogens with one attached hydrogen (secondary N) is 1. The zero-order chi connectivity index (χ0) is 12.9. The number of hydrogen-bond donors (Lipinski definition) is 3. The van der Waals surface area contributed by atoms with Gasteiger partial charge in [-0.25, -0.2) is 8.42 Å². The predicted molar refractivity (Wildman–Crippen MR) is 69.7 cm³/mol. The van der Waals surface area contributed by atoms with Gasteiger partial charge in [-0.15, -0.1) is 0 Å². The van der Waals surface area contributed by atoms with Gasteiger partial charge < -0.3 is 16.8 Å². The Kier molecular flexibility index (Phi) is 4.92. The Bertz CT molecular complexity index is 442. The molecular weight excluding hydrogens is 238 g/mol. The van der Waals surface area contributed by atoms with Crippen LogP contribution < -0.4 is 16.8 Å². The molecule has 0 aliphatic carbocycles. The number of anilines is 1. The van der Waals surface area contributed by atoms with Gasteiger partial charge in [0.25, 0.3) is 0 Å². The van der Waals surface area contributed by atoms with Crippen LogP contribution in [0.25, 0.3) is 0 Å². The number of nitrogens with two attached hydrogens (primary N) is 2. The van der Waals surface area contributed by atoms with Crippen molar-refractivity contribution in [3.63, 3.8) is 0 Å². The maximum atomic E-state index is 11.6. The van der Waals surface area contributed by atoms with Crippen molar-refractivity contribution < 1.29 is 8.42 Å². The van der Waals surface area contributed by atoms with Crippen LogP contribution in [0.3, 0.4) is 0 Å². The third-order valence-electron chi connectivity index (χ3n) is 2.46. The molecule has 96 valence electrons. The van der Waals surface area contributed by atoms with Crippen molar-refractivity contribution in [3.05, 3.63) is 24.3 Å². The first kappa shape index (κ1) is 14.0. The van der Waals surface area contributed by atoms with Crippen molar-refractivity contribution in [1.82, 2.24) is 0 Å². The van der Waals surface area contributed by atoms with E-state index in [1.54, 1.807) is 31.2 Å². The molecule has 0 fully saturated rings. The molecule has 1 aromatic rings. The minimum absolute atomic E-state index is 0.103. The Morgan fingerprint density at radius 2 is 1.88 bits per heavy atom. The summed E-state index contributed by atoms with van der Waals surface area (Å²) in [7, 11) is -3.12. The summed E-state index contributed by atoms with van der Waals surface area (Å²) in [6.45, 7) is 2.60. The van der Waals surface area contributed by atoms with Crippen molar-refractivity contribution in [2.75, 3.05) is 24.2 Å². The first-order valence-electron chi connectivity index (χ1n) is 5.52. The summed E-state index contributed by atoms with van der Waals surface area (Å²) < 4.78 is 23.1. The molecule has 1 unspecified atom stereocenters. The van der Waals surface area contributed by atoms with E-state index in [2.05, 4.69) is 5.32 Å². The third-order valence-corrected chi connectivity index (χ3v) is 4.22. The van der Waals surface area contributed by atoms with Crippen molar-refractivity contribution in [1.29, 1.82) is 0 Å². The lowest BCUT2D eigenvalue weighted by molar-refractivity contribution is 0.597. The van der Waals surface area contributed by atoms with Crippen LogP contribution in [-0.2, 0) is 9.84 Å². The van der Waals surface area contributed by atoms with E-state index in [4.69, 9.17) is 11.5 Å². The Morgan fingerprint density at radius 1 is 1.29 bits per heavy atom. The average molecular weight is 257 g/mol. The smallest absolute Gasteiger partial charge is 0.178 e. The molecule has 0 radical (unpaired) electrons. The largest absolute Gasteiger partial charge is 0.383 e. The maximum absolute atomic E-state index is 11.6. The number of benzene rings is 1. The summed E-state index contributed by atoms with van der Waals surface area (Å²) in [5, 5.41) is 3.09. The van der Waals surface area contributed by atoms with E-state index in [0.29, 0.717) is 18.0 Å². The summed E-state index contributed by atoms with van der Waals surface area (Å²) in [5.41, 5.74) is 11.9. The molecule has 6 heteroatoms. The highest BCUT2D eigenvalue weighted by molar-refractivity contribution is 7.91. The number of sulfone groups is 1. The second-order valence-corrected chi connectivity index (χ2v) is 6.08. The Balaban J connectivity index is 2.69. The molecule has 17 heavy (non-hydrogen) atoms. The summed E-state index contributed by atoms with van der Waals surface area (Å²) in [6, 6.07) is 6.54. The Labute approximate surface area is 102 Å². The quantitative estimate of drug-likeness (QED) is 0.675. The summed E-state index contributed by atoms with van der Waals surface area (Å²) >= 11 is 0. The van der Waals surface area contributed by atoms with Crippen LogP contribution in [0.4, 0.5) is 5.69 Å². The lowest BCUT2D eigenvalue weighted by atomic mass is 10.3. The van der Waals surface area contributed by atoms with Gasteiger partial charge in [0.1, 0.15) is 0 Å². The van der Waals surface area contributed by atoms with Gasteiger partial charge in [-0.05, 0) is 24.3 Å². The molecule has 1 atom stereocenters. The molecule has 5 nitrogen and oxygen atoms in total. The molecule has 0 aliphatic rings. The number of hydrogen-bond acceptors (Lipinski definition) is 5. The van der Waals surface area contributed by atoms with Crippen LogP contribution in [0.15, 0.2) is 29.2 Å². The molecule has 0 spiro atoms. The number of rotatable bonds is 6. The molecule has 1 rings (SSSR count). The van der Waals surface area contributed by atoms with E-state index < -0.39 is 9.84 Å². The summed E-state index contributed by atoms with van der Waals surface area (Å²) in [4.78, 5) is 0.341. The highest BCUT2D eigenvalue weighted by atomic mass is 32.2. The summed E-state index contributed by atoms with van der Waals surface area (Å²) in [5.74, 6) is 0.109. The minimum atomic E-state index is -3.12. The fourth-order valence-electron chi connectivity index (χ4n) is 1.28. The summed E-state index contributed by atoms with van der Waals surface area (Å²) in [6.07, 6.45) is 0. The van der Waals surface area contributed by atoms with Crippen LogP contribution >= 0.6 is 0 Å². The fourth-order valence-corrected chi connectivity index (χ4v) is 2.16. The second kappa shape index (κ2) is 6.00. The van der Waals surface area contributed by atoms with E-state index >= 15 is 0 Å².